The molecule has 0 aliphatic carbocycles. The van der Waals surface area contributed by atoms with Crippen LogP contribution < -0.4 is 0 Å². The van der Waals surface area contributed by atoms with Gasteiger partial charge in [-0.2, -0.15) is 5.26 Å². The number of carboxylic acids is 1. The van der Waals surface area contributed by atoms with Crippen LogP contribution in [0.2, 0.25) is 0 Å². The molecule has 18 heavy (non-hydrogen) atoms. The van der Waals surface area contributed by atoms with Gasteiger partial charge in [-0.3, -0.25) is 9.69 Å². The first-order chi connectivity index (χ1) is 8.52. The van der Waals surface area contributed by atoms with E-state index in [9.17, 15) is 9.90 Å². The Bertz CT molecular complexity index is 437. The summed E-state index contributed by atoms with van der Waals surface area (Å²) in [7, 11) is 1.69. The first-order valence-corrected chi connectivity index (χ1v) is 5.60. The predicted octanol–water partition coefficient (Wildman–Crippen LogP) is 1.23. The number of benzene rings is 1. The number of rotatable bonds is 6. The molecule has 5 heteroatoms. The average molecular weight is 248 g/mol. The Labute approximate surface area is 106 Å². The zero-order chi connectivity index (χ0) is 13.5. The van der Waals surface area contributed by atoms with Gasteiger partial charge in [0.25, 0.3) is 0 Å². The maximum absolute atomic E-state index is 10.7. The number of nitrogens with zero attached hydrogens (tertiary/aromatic N) is 2. The Hall–Kier alpha value is -2.06. The summed E-state index contributed by atoms with van der Waals surface area (Å²) in [5.74, 6) is -0.722. The third kappa shape index (κ3) is 4.44. The van der Waals surface area contributed by atoms with Crippen LogP contribution in [0.4, 0.5) is 0 Å². The van der Waals surface area contributed by atoms with Crippen LogP contribution in [-0.2, 0) is 11.2 Å². The van der Waals surface area contributed by atoms with E-state index in [1.807, 2.05) is 0 Å². The van der Waals surface area contributed by atoms with Crippen LogP contribution in [0.1, 0.15) is 12.0 Å². The maximum atomic E-state index is 10.7. The van der Waals surface area contributed by atoms with Crippen molar-refractivity contribution in [1.82, 2.24) is 4.90 Å². The average Bonchev–Trinajstić information content (AvgIpc) is 2.30. The van der Waals surface area contributed by atoms with Crippen LogP contribution in [0.3, 0.4) is 0 Å². The summed E-state index contributed by atoms with van der Waals surface area (Å²) < 4.78 is 0. The number of likely N-dealkylation sites (N-methyl/N-ethyl adjacent to an activating group) is 1. The predicted molar refractivity (Wildman–Crippen MR) is 66.1 cm³/mol. The van der Waals surface area contributed by atoms with Crippen LogP contribution in [0.15, 0.2) is 24.3 Å². The van der Waals surface area contributed by atoms with Gasteiger partial charge in [0.05, 0.1) is 19.0 Å². The van der Waals surface area contributed by atoms with Gasteiger partial charge >= 0.3 is 5.97 Å². The molecular formula is C13H16N2O3. The molecule has 1 atom stereocenters. The lowest BCUT2D eigenvalue weighted by molar-refractivity contribution is -0.138. The van der Waals surface area contributed by atoms with Crippen molar-refractivity contribution in [1.29, 1.82) is 5.26 Å². The number of phenols is 1. The molecule has 0 fully saturated rings. The van der Waals surface area contributed by atoms with Crippen molar-refractivity contribution < 1.29 is 15.0 Å². The monoisotopic (exact) mass is 248 g/mol. The smallest absolute Gasteiger partial charge is 0.317 e. The van der Waals surface area contributed by atoms with E-state index in [1.54, 1.807) is 36.2 Å². The number of carboxylic acid groups (broad SMARTS) is 1. The number of hydrogen-bond acceptors (Lipinski definition) is 4. The third-order valence-corrected chi connectivity index (χ3v) is 2.74. The molecule has 0 radical (unpaired) electrons. The van der Waals surface area contributed by atoms with Crippen molar-refractivity contribution in [3.8, 4) is 11.8 Å². The molecule has 0 heterocycles. The molecule has 0 saturated carbocycles. The van der Waals surface area contributed by atoms with Crippen molar-refractivity contribution >= 4 is 5.97 Å². The van der Waals surface area contributed by atoms with Gasteiger partial charge in [0.15, 0.2) is 0 Å². The van der Waals surface area contributed by atoms with Crippen molar-refractivity contribution in [2.24, 2.45) is 0 Å². The lowest BCUT2D eigenvalue weighted by atomic mass is 10.0. The molecule has 0 unspecified atom stereocenters. The second-order valence-electron chi connectivity index (χ2n) is 4.20. The van der Waals surface area contributed by atoms with Gasteiger partial charge in [-0.1, -0.05) is 12.1 Å². The topological polar surface area (TPSA) is 84.6 Å². The van der Waals surface area contributed by atoms with Gasteiger partial charge in [-0.25, -0.2) is 0 Å². The van der Waals surface area contributed by atoms with Crippen LogP contribution in [-0.4, -0.2) is 40.7 Å². The van der Waals surface area contributed by atoms with Crippen LogP contribution in [0.5, 0.6) is 5.75 Å². The van der Waals surface area contributed by atoms with Gasteiger partial charge < -0.3 is 10.2 Å². The van der Waals surface area contributed by atoms with Crippen molar-refractivity contribution in [2.75, 3.05) is 13.6 Å². The zero-order valence-corrected chi connectivity index (χ0v) is 10.2. The van der Waals surface area contributed by atoms with Crippen LogP contribution in [0, 0.1) is 11.3 Å². The number of aromatic hydroxyl groups is 1. The first kappa shape index (κ1) is 14.0. The summed E-state index contributed by atoms with van der Waals surface area (Å²) in [6, 6.07) is 8.63. The molecule has 96 valence electrons. The highest BCUT2D eigenvalue weighted by atomic mass is 16.4. The Morgan fingerprint density at radius 3 is 2.56 bits per heavy atom. The van der Waals surface area contributed by atoms with Crippen molar-refractivity contribution in [3.05, 3.63) is 29.8 Å². The quantitative estimate of drug-likeness (QED) is 0.791. The molecule has 1 aromatic rings. The minimum Gasteiger partial charge on any atom is -0.508 e. The molecule has 5 nitrogen and oxygen atoms in total. The Balaban J connectivity index is 2.70. The molecule has 0 aliphatic rings. The minimum atomic E-state index is -0.911. The van der Waals surface area contributed by atoms with E-state index >= 15 is 0 Å². The summed E-state index contributed by atoms with van der Waals surface area (Å²) in [4.78, 5) is 12.3. The molecule has 2 N–H and O–H groups in total. The van der Waals surface area contributed by atoms with Crippen LogP contribution in [0.25, 0.3) is 0 Å². The first-order valence-electron chi connectivity index (χ1n) is 5.60. The molecule has 0 aliphatic heterocycles. The van der Waals surface area contributed by atoms with E-state index in [2.05, 4.69) is 6.07 Å². The highest BCUT2D eigenvalue weighted by molar-refractivity contribution is 5.69. The number of hydrogen-bond donors (Lipinski definition) is 2. The Kier molecular flexibility index (Phi) is 5.15. The molecule has 1 rings (SSSR count). The van der Waals surface area contributed by atoms with Crippen molar-refractivity contribution in [2.45, 2.75) is 18.9 Å². The zero-order valence-electron chi connectivity index (χ0n) is 10.2. The van der Waals surface area contributed by atoms with E-state index < -0.39 is 5.97 Å². The SMILES string of the molecule is CN(CC(=O)O)[C@@H](CC#N)Cc1ccc(O)cc1. The maximum Gasteiger partial charge on any atom is 0.317 e. The van der Waals surface area contributed by atoms with Gasteiger partial charge in [0.2, 0.25) is 0 Å². The van der Waals surface area contributed by atoms with E-state index in [0.29, 0.717) is 6.42 Å². The van der Waals surface area contributed by atoms with E-state index in [4.69, 9.17) is 10.4 Å². The van der Waals surface area contributed by atoms with Gasteiger partial charge in [0, 0.05) is 6.04 Å². The standard InChI is InChI=1S/C13H16N2O3/c1-15(9-13(17)18)11(6-7-14)8-10-2-4-12(16)5-3-10/h2-5,11,16H,6,8-9H2,1H3,(H,17,18)/t11-/m0/s1. The van der Waals surface area contributed by atoms with Crippen LogP contribution >= 0.6 is 0 Å². The molecule has 0 amide bonds. The normalized spacial score (nSPS) is 12.1. The fourth-order valence-electron chi connectivity index (χ4n) is 1.74. The highest BCUT2D eigenvalue weighted by Crippen LogP contribution is 2.14. The third-order valence-electron chi connectivity index (χ3n) is 2.74. The summed E-state index contributed by atoms with van der Waals surface area (Å²) in [6.07, 6.45) is 0.849. The minimum absolute atomic E-state index is 0.0928. The van der Waals surface area contributed by atoms with E-state index in [0.717, 1.165) is 5.56 Å². The van der Waals surface area contributed by atoms with Gasteiger partial charge in [-0.05, 0) is 31.2 Å². The lowest BCUT2D eigenvalue weighted by Crippen LogP contribution is -2.37. The van der Waals surface area contributed by atoms with E-state index in [-0.39, 0.29) is 24.8 Å². The summed E-state index contributed by atoms with van der Waals surface area (Å²) in [6.45, 7) is -0.0928. The molecule has 0 saturated heterocycles. The number of carbonyl (C=O) groups is 1. The molecular weight excluding hydrogens is 232 g/mol. The second kappa shape index (κ2) is 6.62. The molecule has 0 aromatic heterocycles. The molecule has 0 bridgehead atoms. The molecule has 0 spiro atoms. The number of nitriles is 1. The number of phenolic OH excluding ortho intramolecular Hbond substituents is 1. The second-order valence-corrected chi connectivity index (χ2v) is 4.20. The highest BCUT2D eigenvalue weighted by Gasteiger charge is 2.17. The lowest BCUT2D eigenvalue weighted by Gasteiger charge is -2.24. The number of aliphatic carboxylic acids is 1. The Morgan fingerprint density at radius 2 is 2.06 bits per heavy atom. The van der Waals surface area contributed by atoms with E-state index in [1.165, 1.54) is 0 Å². The summed E-state index contributed by atoms with van der Waals surface area (Å²) in [5.41, 5.74) is 0.963. The Morgan fingerprint density at radius 1 is 1.44 bits per heavy atom. The van der Waals surface area contributed by atoms with Gasteiger partial charge in [-0.15, -0.1) is 0 Å². The summed E-state index contributed by atoms with van der Waals surface area (Å²) >= 11 is 0. The largest absolute Gasteiger partial charge is 0.508 e. The van der Waals surface area contributed by atoms with Crippen molar-refractivity contribution in [3.63, 3.8) is 0 Å². The molecule has 1 aromatic carbocycles. The van der Waals surface area contributed by atoms with Gasteiger partial charge in [0.1, 0.15) is 5.75 Å². The fraction of sp³-hybridized carbons (Fsp3) is 0.385. The summed E-state index contributed by atoms with van der Waals surface area (Å²) in [5, 5.41) is 26.7. The fourth-order valence-corrected chi connectivity index (χ4v) is 1.74.